The van der Waals surface area contributed by atoms with Gasteiger partial charge in [0.25, 0.3) is 0 Å². The predicted octanol–water partition coefficient (Wildman–Crippen LogP) is 1.82. The van der Waals surface area contributed by atoms with Gasteiger partial charge in [-0.1, -0.05) is 12.1 Å². The summed E-state index contributed by atoms with van der Waals surface area (Å²) in [7, 11) is 1.63. The first-order valence-electron chi connectivity index (χ1n) is 8.92. The zero-order valence-electron chi connectivity index (χ0n) is 15.3. The standard InChI is InChI=1S/C19H28FN3O2/c1-14(2)23-12-11-22(13-17(23)19(25)21-3)18(24)6-4-5-15-7-9-16(20)10-8-15/h7-10,14,17H,4-6,11-13H2,1-3H3,(H,21,25)/t17-/m1/s1. The first-order chi connectivity index (χ1) is 11.9. The van der Waals surface area contributed by atoms with E-state index in [1.807, 2.05) is 0 Å². The number of aryl methyl sites for hydroxylation is 1. The third-order valence-corrected chi connectivity index (χ3v) is 4.76. The molecule has 2 amide bonds. The lowest BCUT2D eigenvalue weighted by molar-refractivity contribution is -0.139. The minimum atomic E-state index is -0.292. The normalized spacial score (nSPS) is 18.4. The van der Waals surface area contributed by atoms with Gasteiger partial charge in [0.05, 0.1) is 0 Å². The number of nitrogens with one attached hydrogen (secondary N) is 1. The maximum Gasteiger partial charge on any atom is 0.238 e. The van der Waals surface area contributed by atoms with Gasteiger partial charge in [-0.3, -0.25) is 14.5 Å². The van der Waals surface area contributed by atoms with Crippen molar-refractivity contribution in [3.05, 3.63) is 35.6 Å². The lowest BCUT2D eigenvalue weighted by atomic mass is 10.1. The highest BCUT2D eigenvalue weighted by atomic mass is 19.1. The Morgan fingerprint density at radius 1 is 1.24 bits per heavy atom. The van der Waals surface area contributed by atoms with Gasteiger partial charge in [0.2, 0.25) is 11.8 Å². The van der Waals surface area contributed by atoms with Gasteiger partial charge in [-0.25, -0.2) is 4.39 Å². The van der Waals surface area contributed by atoms with Gasteiger partial charge in [0.15, 0.2) is 0 Å². The number of benzene rings is 1. The van der Waals surface area contributed by atoms with E-state index < -0.39 is 0 Å². The second-order valence-electron chi connectivity index (χ2n) is 6.78. The van der Waals surface area contributed by atoms with Crippen LogP contribution in [0.25, 0.3) is 0 Å². The van der Waals surface area contributed by atoms with Crippen molar-refractivity contribution < 1.29 is 14.0 Å². The number of amides is 2. The van der Waals surface area contributed by atoms with E-state index in [9.17, 15) is 14.0 Å². The van der Waals surface area contributed by atoms with Crippen LogP contribution < -0.4 is 5.32 Å². The number of carbonyl (C=O) groups is 2. The van der Waals surface area contributed by atoms with Crippen molar-refractivity contribution in [2.45, 2.75) is 45.2 Å². The molecule has 2 rings (SSSR count). The summed E-state index contributed by atoms with van der Waals surface area (Å²) in [5.41, 5.74) is 1.03. The molecule has 1 aliphatic heterocycles. The third-order valence-electron chi connectivity index (χ3n) is 4.76. The molecule has 1 N–H and O–H groups in total. The summed E-state index contributed by atoms with van der Waals surface area (Å²) in [6.45, 7) is 5.93. The van der Waals surface area contributed by atoms with Crippen LogP contribution in [0.15, 0.2) is 24.3 Å². The van der Waals surface area contributed by atoms with Crippen LogP contribution in [-0.4, -0.2) is 60.4 Å². The quantitative estimate of drug-likeness (QED) is 0.852. The lowest BCUT2D eigenvalue weighted by Crippen LogP contribution is -2.61. The SMILES string of the molecule is CNC(=O)[C@H]1CN(C(=O)CCCc2ccc(F)cc2)CCN1C(C)C. The van der Waals surface area contributed by atoms with Gasteiger partial charge in [-0.05, 0) is 44.4 Å². The molecule has 0 aliphatic carbocycles. The van der Waals surface area contributed by atoms with E-state index in [-0.39, 0.29) is 29.7 Å². The van der Waals surface area contributed by atoms with Gasteiger partial charge >= 0.3 is 0 Å². The highest BCUT2D eigenvalue weighted by Crippen LogP contribution is 2.16. The van der Waals surface area contributed by atoms with Crippen LogP contribution in [0.4, 0.5) is 4.39 Å². The molecule has 25 heavy (non-hydrogen) atoms. The second-order valence-corrected chi connectivity index (χ2v) is 6.78. The molecule has 1 aromatic rings. The van der Waals surface area contributed by atoms with E-state index in [4.69, 9.17) is 0 Å². The van der Waals surface area contributed by atoms with Gasteiger partial charge in [-0.2, -0.15) is 0 Å². The van der Waals surface area contributed by atoms with Crippen LogP contribution in [-0.2, 0) is 16.0 Å². The number of likely N-dealkylation sites (N-methyl/N-ethyl adjacent to an activating group) is 1. The highest BCUT2D eigenvalue weighted by Gasteiger charge is 2.34. The van der Waals surface area contributed by atoms with Crippen LogP contribution in [0, 0.1) is 5.82 Å². The Morgan fingerprint density at radius 3 is 2.52 bits per heavy atom. The largest absolute Gasteiger partial charge is 0.358 e. The summed E-state index contributed by atoms with van der Waals surface area (Å²) in [6.07, 6.45) is 1.91. The molecular formula is C19H28FN3O2. The lowest BCUT2D eigenvalue weighted by Gasteiger charge is -2.42. The highest BCUT2D eigenvalue weighted by molar-refractivity contribution is 5.83. The van der Waals surface area contributed by atoms with Crippen molar-refractivity contribution in [3.8, 4) is 0 Å². The first kappa shape index (κ1) is 19.4. The number of hydrogen-bond acceptors (Lipinski definition) is 3. The van der Waals surface area contributed by atoms with Gasteiger partial charge in [0, 0.05) is 39.1 Å². The number of hydrogen-bond donors (Lipinski definition) is 1. The first-order valence-corrected chi connectivity index (χ1v) is 8.92. The zero-order chi connectivity index (χ0) is 18.4. The average molecular weight is 349 g/mol. The summed E-state index contributed by atoms with van der Waals surface area (Å²) >= 11 is 0. The van der Waals surface area contributed by atoms with E-state index in [2.05, 4.69) is 24.1 Å². The van der Waals surface area contributed by atoms with Crippen molar-refractivity contribution in [2.24, 2.45) is 0 Å². The monoisotopic (exact) mass is 349 g/mol. The van der Waals surface area contributed by atoms with Crippen LogP contribution in [0.5, 0.6) is 0 Å². The van der Waals surface area contributed by atoms with Crippen LogP contribution in [0.3, 0.4) is 0 Å². The summed E-state index contributed by atoms with van der Waals surface area (Å²) in [4.78, 5) is 28.6. The van der Waals surface area contributed by atoms with E-state index in [0.29, 0.717) is 26.1 Å². The number of piperazine rings is 1. The van der Waals surface area contributed by atoms with Crippen molar-refractivity contribution in [1.82, 2.24) is 15.1 Å². The predicted molar refractivity (Wildman–Crippen MR) is 95.6 cm³/mol. The third kappa shape index (κ3) is 5.26. The molecule has 1 aliphatic rings. The van der Waals surface area contributed by atoms with E-state index in [1.165, 1.54) is 12.1 Å². The molecule has 0 bridgehead atoms. The van der Waals surface area contributed by atoms with Crippen LogP contribution in [0.2, 0.25) is 0 Å². The van der Waals surface area contributed by atoms with E-state index >= 15 is 0 Å². The van der Waals surface area contributed by atoms with Crippen molar-refractivity contribution in [3.63, 3.8) is 0 Å². The molecule has 6 heteroatoms. The van der Waals surface area contributed by atoms with Crippen molar-refractivity contribution in [1.29, 1.82) is 0 Å². The van der Waals surface area contributed by atoms with Crippen molar-refractivity contribution in [2.75, 3.05) is 26.7 Å². The number of nitrogens with zero attached hydrogens (tertiary/aromatic N) is 2. The zero-order valence-corrected chi connectivity index (χ0v) is 15.3. The second kappa shape index (κ2) is 8.94. The Hall–Kier alpha value is -1.95. The molecule has 1 heterocycles. The number of rotatable bonds is 6. The molecule has 0 radical (unpaired) electrons. The Bertz CT molecular complexity index is 589. The smallest absolute Gasteiger partial charge is 0.238 e. The summed E-state index contributed by atoms with van der Waals surface area (Å²) in [6, 6.07) is 6.36. The van der Waals surface area contributed by atoms with E-state index in [1.54, 1.807) is 24.1 Å². The molecule has 5 nitrogen and oxygen atoms in total. The summed E-state index contributed by atoms with van der Waals surface area (Å²) < 4.78 is 12.9. The fraction of sp³-hybridized carbons (Fsp3) is 0.579. The summed E-state index contributed by atoms with van der Waals surface area (Å²) in [5.74, 6) is -0.208. The van der Waals surface area contributed by atoms with E-state index in [0.717, 1.165) is 18.4 Å². The van der Waals surface area contributed by atoms with Gasteiger partial charge in [-0.15, -0.1) is 0 Å². The maximum atomic E-state index is 12.9. The molecule has 1 atom stereocenters. The molecule has 1 aromatic carbocycles. The molecule has 0 unspecified atom stereocenters. The Morgan fingerprint density at radius 2 is 1.92 bits per heavy atom. The average Bonchev–Trinajstić information content (AvgIpc) is 2.62. The van der Waals surface area contributed by atoms with Gasteiger partial charge < -0.3 is 10.2 Å². The maximum absolute atomic E-state index is 12.9. The fourth-order valence-corrected chi connectivity index (χ4v) is 3.29. The molecule has 0 saturated carbocycles. The topological polar surface area (TPSA) is 52.7 Å². The van der Waals surface area contributed by atoms with Crippen LogP contribution >= 0.6 is 0 Å². The molecule has 1 saturated heterocycles. The molecule has 138 valence electrons. The molecule has 0 spiro atoms. The Kier molecular flexibility index (Phi) is 6.93. The Labute approximate surface area is 149 Å². The van der Waals surface area contributed by atoms with Crippen LogP contribution in [0.1, 0.15) is 32.3 Å². The Balaban J connectivity index is 1.86. The molecule has 1 fully saturated rings. The molecule has 0 aromatic heterocycles. The summed E-state index contributed by atoms with van der Waals surface area (Å²) in [5, 5.41) is 2.70. The number of halogens is 1. The van der Waals surface area contributed by atoms with Crippen molar-refractivity contribution >= 4 is 11.8 Å². The minimum Gasteiger partial charge on any atom is -0.358 e. The minimum absolute atomic E-state index is 0.0440. The molecular weight excluding hydrogens is 321 g/mol. The van der Waals surface area contributed by atoms with Gasteiger partial charge in [0.1, 0.15) is 11.9 Å². The fourth-order valence-electron chi connectivity index (χ4n) is 3.29. The number of carbonyl (C=O) groups excluding carboxylic acids is 2.